The summed E-state index contributed by atoms with van der Waals surface area (Å²) in [5.74, 6) is -4.53. The van der Waals surface area contributed by atoms with Crippen LogP contribution in [-0.2, 0) is 11.3 Å². The Hall–Kier alpha value is -3.42. The van der Waals surface area contributed by atoms with E-state index in [0.717, 1.165) is 18.3 Å². The van der Waals surface area contributed by atoms with Crippen LogP contribution in [0.1, 0.15) is 52.2 Å². The standard InChI is InChI=1S/C24H25F3N4O6/c1-11-4-5-24(22(36)23(10-25,29-37-24)7-12-2-3-13(26)6-15(12)27)16-9-30(11)21(35)17-19(33)18(32)14(20(28)34)8-31(16)17/h2-3,6,8,11,16,22,29,33,36H,4-5,7,9-10H2,1H3,(H2,28,34). The van der Waals surface area contributed by atoms with E-state index in [-0.39, 0.29) is 24.9 Å². The quantitative estimate of drug-likeness (QED) is 0.462. The zero-order valence-corrected chi connectivity index (χ0v) is 19.7. The summed E-state index contributed by atoms with van der Waals surface area (Å²) in [5.41, 5.74) is 2.19. The van der Waals surface area contributed by atoms with E-state index in [0.29, 0.717) is 6.07 Å². The Balaban J connectivity index is 1.66. The number of pyridine rings is 1. The second-order valence-corrected chi connectivity index (χ2v) is 9.97. The van der Waals surface area contributed by atoms with E-state index in [1.54, 1.807) is 6.92 Å². The number of halogens is 3. The van der Waals surface area contributed by atoms with Gasteiger partial charge in [-0.25, -0.2) is 13.2 Å². The summed E-state index contributed by atoms with van der Waals surface area (Å²) in [5, 5.41) is 22.3. The monoisotopic (exact) mass is 522 g/mol. The minimum atomic E-state index is -1.85. The fourth-order valence-corrected chi connectivity index (χ4v) is 5.77. The van der Waals surface area contributed by atoms with E-state index in [1.165, 1.54) is 9.47 Å². The molecule has 37 heavy (non-hydrogen) atoms. The molecule has 5 rings (SSSR count). The molecule has 13 heteroatoms. The number of fused-ring (bicyclic) bond motifs is 5. The molecule has 2 aromatic rings. The largest absolute Gasteiger partial charge is 0.503 e. The summed E-state index contributed by atoms with van der Waals surface area (Å²) in [6.07, 6.45) is -0.647. The second kappa shape index (κ2) is 8.57. The molecule has 0 aliphatic carbocycles. The van der Waals surface area contributed by atoms with Gasteiger partial charge in [0.15, 0.2) is 11.4 Å². The highest BCUT2D eigenvalue weighted by Gasteiger charge is 2.64. The van der Waals surface area contributed by atoms with Gasteiger partial charge in [-0.05, 0) is 31.4 Å². The summed E-state index contributed by atoms with van der Waals surface area (Å²) < 4.78 is 43.7. The highest BCUT2D eigenvalue weighted by Crippen LogP contribution is 2.49. The highest BCUT2D eigenvalue weighted by atomic mass is 19.1. The molecule has 0 saturated carbocycles. The van der Waals surface area contributed by atoms with Crippen molar-refractivity contribution in [1.29, 1.82) is 0 Å². The SMILES string of the molecule is CC1CCC2(ONC(CF)(Cc3ccc(F)cc3F)C2O)C2CN1C(=O)c1c(O)c(=O)c(C(N)=O)cn12. The van der Waals surface area contributed by atoms with E-state index >= 15 is 0 Å². The first-order chi connectivity index (χ1) is 17.5. The third-order valence-corrected chi connectivity index (χ3v) is 7.88. The van der Waals surface area contributed by atoms with E-state index < -0.39 is 88.3 Å². The number of nitrogens with two attached hydrogens (primary N) is 1. The molecular weight excluding hydrogens is 497 g/mol. The molecule has 2 saturated heterocycles. The Labute approximate surface area is 208 Å². The molecule has 5 N–H and O–H groups in total. The molecule has 10 nitrogen and oxygen atoms in total. The summed E-state index contributed by atoms with van der Waals surface area (Å²) in [6.45, 7) is 0.466. The number of alkyl halides is 1. The number of hydrogen-bond acceptors (Lipinski definition) is 7. The van der Waals surface area contributed by atoms with Gasteiger partial charge in [-0.3, -0.25) is 19.2 Å². The molecular formula is C24H25F3N4O6. The highest BCUT2D eigenvalue weighted by molar-refractivity contribution is 5.99. The van der Waals surface area contributed by atoms with Gasteiger partial charge in [0.1, 0.15) is 41.1 Å². The van der Waals surface area contributed by atoms with Gasteiger partial charge in [0.05, 0.1) is 6.04 Å². The van der Waals surface area contributed by atoms with Gasteiger partial charge in [0, 0.05) is 31.3 Å². The predicted molar refractivity (Wildman–Crippen MR) is 121 cm³/mol. The molecule has 5 unspecified atom stereocenters. The number of hydrogen-bond donors (Lipinski definition) is 4. The van der Waals surface area contributed by atoms with Crippen LogP contribution in [0.4, 0.5) is 13.2 Å². The minimum absolute atomic E-state index is 0.0635. The number of primary amides is 1. The van der Waals surface area contributed by atoms with Crippen molar-refractivity contribution >= 4 is 11.8 Å². The molecule has 1 spiro atoms. The lowest BCUT2D eigenvalue weighted by Gasteiger charge is -2.44. The normalized spacial score (nSPS) is 30.9. The number of benzene rings is 1. The van der Waals surface area contributed by atoms with Crippen molar-refractivity contribution in [1.82, 2.24) is 14.9 Å². The number of aliphatic hydroxyl groups is 1. The van der Waals surface area contributed by atoms with Crippen molar-refractivity contribution in [3.8, 4) is 5.75 Å². The Kier molecular flexibility index (Phi) is 5.84. The number of amides is 2. The van der Waals surface area contributed by atoms with Crippen molar-refractivity contribution in [2.45, 2.75) is 55.5 Å². The molecule has 2 fully saturated rings. The van der Waals surface area contributed by atoms with Gasteiger partial charge < -0.3 is 25.4 Å². The topological polar surface area (TPSA) is 147 Å². The molecule has 0 radical (unpaired) electrons. The third-order valence-electron chi connectivity index (χ3n) is 7.88. The average Bonchev–Trinajstić information content (AvgIpc) is 3.05. The number of hydroxylamine groups is 1. The van der Waals surface area contributed by atoms with Crippen LogP contribution < -0.4 is 16.6 Å². The number of aliphatic hydroxyl groups excluding tert-OH is 1. The Morgan fingerprint density at radius 3 is 2.70 bits per heavy atom. The van der Waals surface area contributed by atoms with E-state index in [1.807, 2.05) is 0 Å². The van der Waals surface area contributed by atoms with Crippen LogP contribution >= 0.6 is 0 Å². The van der Waals surface area contributed by atoms with Gasteiger partial charge in [-0.15, -0.1) is 0 Å². The van der Waals surface area contributed by atoms with Crippen molar-refractivity contribution < 1.29 is 37.8 Å². The molecule has 5 atom stereocenters. The molecule has 3 aliphatic rings. The van der Waals surface area contributed by atoms with Crippen molar-refractivity contribution in [3.05, 3.63) is 63.1 Å². The van der Waals surface area contributed by atoms with Crippen molar-refractivity contribution in [3.63, 3.8) is 0 Å². The minimum Gasteiger partial charge on any atom is -0.503 e. The van der Waals surface area contributed by atoms with E-state index in [4.69, 9.17) is 10.6 Å². The summed E-state index contributed by atoms with van der Waals surface area (Å²) in [6, 6.07) is 1.39. The van der Waals surface area contributed by atoms with Crippen LogP contribution in [0.2, 0.25) is 0 Å². The second-order valence-electron chi connectivity index (χ2n) is 9.97. The van der Waals surface area contributed by atoms with Crippen LogP contribution in [-0.4, -0.2) is 68.0 Å². The number of carbonyl (C=O) groups excluding carboxylic acids is 2. The average molecular weight is 522 g/mol. The van der Waals surface area contributed by atoms with Crippen molar-refractivity contribution in [2.75, 3.05) is 13.2 Å². The lowest BCUT2D eigenvalue weighted by molar-refractivity contribution is -0.127. The van der Waals surface area contributed by atoms with Gasteiger partial charge in [0.2, 0.25) is 5.43 Å². The first-order valence-electron chi connectivity index (χ1n) is 11.7. The molecule has 2 bridgehead atoms. The maximum Gasteiger partial charge on any atom is 0.274 e. The summed E-state index contributed by atoms with van der Waals surface area (Å²) in [7, 11) is 0. The lowest BCUT2D eigenvalue weighted by Crippen LogP contribution is -2.60. The van der Waals surface area contributed by atoms with Crippen molar-refractivity contribution in [2.24, 2.45) is 5.73 Å². The van der Waals surface area contributed by atoms with Crippen LogP contribution in [0.25, 0.3) is 0 Å². The molecule has 1 aromatic carbocycles. The van der Waals surface area contributed by atoms with Gasteiger partial charge in [-0.1, -0.05) is 6.07 Å². The smallest absolute Gasteiger partial charge is 0.274 e. The molecule has 3 aliphatic heterocycles. The maximum absolute atomic E-state index is 14.7. The first kappa shape index (κ1) is 25.2. The Bertz CT molecular complexity index is 1370. The number of aromatic nitrogens is 1. The fourth-order valence-electron chi connectivity index (χ4n) is 5.77. The summed E-state index contributed by atoms with van der Waals surface area (Å²) in [4.78, 5) is 45.1. The molecule has 198 valence electrons. The fraction of sp³-hybridized carbons (Fsp3) is 0.458. The molecule has 2 amide bonds. The maximum atomic E-state index is 14.7. The van der Waals surface area contributed by atoms with E-state index in [2.05, 4.69) is 5.48 Å². The van der Waals surface area contributed by atoms with Gasteiger partial charge >= 0.3 is 0 Å². The number of carbonyl (C=O) groups is 2. The van der Waals surface area contributed by atoms with E-state index in [9.17, 15) is 37.8 Å². The third kappa shape index (κ3) is 3.55. The van der Waals surface area contributed by atoms with Gasteiger partial charge in [-0.2, -0.15) is 5.48 Å². The number of aromatic hydroxyl groups is 1. The Morgan fingerprint density at radius 1 is 1.32 bits per heavy atom. The lowest BCUT2D eigenvalue weighted by atomic mass is 9.74. The number of rotatable bonds is 4. The summed E-state index contributed by atoms with van der Waals surface area (Å²) >= 11 is 0. The van der Waals surface area contributed by atoms with Crippen LogP contribution in [0.5, 0.6) is 5.75 Å². The zero-order valence-electron chi connectivity index (χ0n) is 19.7. The zero-order chi connectivity index (χ0) is 26.9. The number of nitrogens with zero attached hydrogens (tertiary/aromatic N) is 2. The molecule has 1 aromatic heterocycles. The predicted octanol–water partition coefficient (Wildman–Crippen LogP) is 0.696. The molecule has 4 heterocycles. The first-order valence-corrected chi connectivity index (χ1v) is 11.7. The van der Waals surface area contributed by atoms with Crippen LogP contribution in [0.15, 0.2) is 29.2 Å². The van der Waals surface area contributed by atoms with Crippen LogP contribution in [0, 0.1) is 11.6 Å². The van der Waals surface area contributed by atoms with Gasteiger partial charge in [0.25, 0.3) is 11.8 Å². The number of nitrogens with one attached hydrogen (secondary N) is 1. The Morgan fingerprint density at radius 2 is 2.05 bits per heavy atom. The van der Waals surface area contributed by atoms with Crippen LogP contribution in [0.3, 0.4) is 0 Å².